The van der Waals surface area contributed by atoms with Gasteiger partial charge in [-0.05, 0) is 48.5 Å². The summed E-state index contributed by atoms with van der Waals surface area (Å²) in [5.41, 5.74) is 3.99. The molecule has 9 heteroatoms. The number of piperazine rings is 1. The Bertz CT molecular complexity index is 1550. The molecule has 0 unspecified atom stereocenters. The quantitative estimate of drug-likeness (QED) is 0.398. The topological polar surface area (TPSA) is 101 Å². The molecule has 3 aromatic heterocycles. The lowest BCUT2D eigenvalue weighted by atomic mass is 10.2. The third kappa shape index (κ3) is 4.27. The van der Waals surface area contributed by atoms with Gasteiger partial charge in [-0.2, -0.15) is 9.78 Å². The molecule has 0 radical (unpaired) electrons. The molecule has 0 atom stereocenters. The molecule has 178 valence electrons. The van der Waals surface area contributed by atoms with E-state index in [0.29, 0.717) is 33.9 Å². The average Bonchev–Trinajstić information content (AvgIpc) is 2.95. The molecule has 1 fully saturated rings. The van der Waals surface area contributed by atoms with Gasteiger partial charge in [0.25, 0.3) is 5.56 Å². The van der Waals surface area contributed by atoms with Crippen molar-refractivity contribution >= 4 is 28.2 Å². The fourth-order valence-corrected chi connectivity index (χ4v) is 4.31. The number of hydrogen-bond donors (Lipinski definition) is 2. The van der Waals surface area contributed by atoms with Crippen LogP contribution in [0.4, 0.5) is 17.3 Å². The first-order valence-corrected chi connectivity index (χ1v) is 11.9. The van der Waals surface area contributed by atoms with Crippen molar-refractivity contribution in [3.63, 3.8) is 0 Å². The van der Waals surface area contributed by atoms with Crippen molar-refractivity contribution in [3.05, 3.63) is 95.5 Å². The van der Waals surface area contributed by atoms with Crippen LogP contribution in [0.1, 0.15) is 0 Å². The van der Waals surface area contributed by atoms with E-state index in [-0.39, 0.29) is 5.56 Å². The van der Waals surface area contributed by atoms with Crippen molar-refractivity contribution in [2.75, 3.05) is 36.4 Å². The number of aromatic nitrogens is 5. The Morgan fingerprint density at radius 2 is 1.61 bits per heavy atom. The number of anilines is 3. The highest BCUT2D eigenvalue weighted by atomic mass is 16.1. The standard InChI is InChI=1S/C27H24N8O/c36-26-22-18-30-27(31-19-9-11-20(12-10-19)34-16-14-28-15-17-34)32-24(22)25(23-8-4-5-13-29-23)33-35(26)21-6-2-1-3-7-21/h1-13,18,28H,14-17H2,(H,30,31,32). The molecule has 2 aromatic carbocycles. The molecule has 36 heavy (non-hydrogen) atoms. The highest BCUT2D eigenvalue weighted by Gasteiger charge is 2.17. The number of benzene rings is 2. The Kier molecular flexibility index (Phi) is 5.80. The van der Waals surface area contributed by atoms with E-state index in [0.717, 1.165) is 31.9 Å². The van der Waals surface area contributed by atoms with Gasteiger partial charge in [0.2, 0.25) is 5.95 Å². The summed E-state index contributed by atoms with van der Waals surface area (Å²) in [6.45, 7) is 3.96. The van der Waals surface area contributed by atoms with Crippen LogP contribution >= 0.6 is 0 Å². The molecular formula is C27H24N8O. The summed E-state index contributed by atoms with van der Waals surface area (Å²) in [4.78, 5) is 29.3. The molecule has 0 amide bonds. The molecule has 6 rings (SSSR count). The fraction of sp³-hybridized carbons (Fsp3) is 0.148. The van der Waals surface area contributed by atoms with Crippen molar-refractivity contribution in [1.29, 1.82) is 0 Å². The van der Waals surface area contributed by atoms with E-state index >= 15 is 0 Å². The van der Waals surface area contributed by atoms with Crippen molar-refractivity contribution in [2.24, 2.45) is 0 Å². The predicted molar refractivity (Wildman–Crippen MR) is 141 cm³/mol. The SMILES string of the molecule is O=c1c2cnc(Nc3ccc(N4CCNCC4)cc3)nc2c(-c2ccccn2)nn1-c1ccccc1. The molecule has 4 heterocycles. The zero-order chi connectivity index (χ0) is 24.3. The molecular weight excluding hydrogens is 452 g/mol. The smallest absolute Gasteiger partial charge is 0.282 e. The first kappa shape index (κ1) is 21.9. The third-order valence-electron chi connectivity index (χ3n) is 6.15. The summed E-state index contributed by atoms with van der Waals surface area (Å²) in [5, 5.41) is 11.7. The number of pyridine rings is 1. The molecule has 1 aliphatic rings. The van der Waals surface area contributed by atoms with Crippen LogP contribution in [0.3, 0.4) is 0 Å². The van der Waals surface area contributed by atoms with Crippen LogP contribution in [0.5, 0.6) is 0 Å². The molecule has 2 N–H and O–H groups in total. The highest BCUT2D eigenvalue weighted by Crippen LogP contribution is 2.25. The maximum absolute atomic E-state index is 13.3. The molecule has 1 aliphatic heterocycles. The minimum atomic E-state index is -0.289. The monoisotopic (exact) mass is 476 g/mol. The summed E-state index contributed by atoms with van der Waals surface area (Å²) in [7, 11) is 0. The Hall–Kier alpha value is -4.63. The zero-order valence-corrected chi connectivity index (χ0v) is 19.5. The highest BCUT2D eigenvalue weighted by molar-refractivity contribution is 5.90. The normalized spacial score (nSPS) is 13.6. The summed E-state index contributed by atoms with van der Waals surface area (Å²) < 4.78 is 1.37. The van der Waals surface area contributed by atoms with Gasteiger partial charge in [-0.15, -0.1) is 0 Å². The van der Waals surface area contributed by atoms with E-state index in [9.17, 15) is 4.79 Å². The summed E-state index contributed by atoms with van der Waals surface area (Å²) in [6.07, 6.45) is 3.25. The van der Waals surface area contributed by atoms with E-state index in [1.807, 2.05) is 60.7 Å². The average molecular weight is 477 g/mol. The van der Waals surface area contributed by atoms with Crippen molar-refractivity contribution in [3.8, 4) is 17.1 Å². The van der Waals surface area contributed by atoms with Crippen molar-refractivity contribution < 1.29 is 0 Å². The van der Waals surface area contributed by atoms with E-state index in [1.165, 1.54) is 10.4 Å². The predicted octanol–water partition coefficient (Wildman–Crippen LogP) is 3.39. The lowest BCUT2D eigenvalue weighted by molar-refractivity contribution is 0.589. The molecule has 0 saturated carbocycles. The van der Waals surface area contributed by atoms with Gasteiger partial charge < -0.3 is 15.5 Å². The largest absolute Gasteiger partial charge is 0.369 e. The lowest BCUT2D eigenvalue weighted by Gasteiger charge is -2.29. The van der Waals surface area contributed by atoms with Crippen LogP contribution in [0.15, 0.2) is 90.0 Å². The molecule has 0 bridgehead atoms. The first-order valence-electron chi connectivity index (χ1n) is 11.9. The number of nitrogens with one attached hydrogen (secondary N) is 2. The molecule has 1 saturated heterocycles. The van der Waals surface area contributed by atoms with Gasteiger partial charge in [-0.25, -0.2) is 9.97 Å². The Balaban J connectivity index is 1.39. The Morgan fingerprint density at radius 3 is 2.36 bits per heavy atom. The zero-order valence-electron chi connectivity index (χ0n) is 19.5. The van der Waals surface area contributed by atoms with Crippen LogP contribution in [0, 0.1) is 0 Å². The summed E-state index contributed by atoms with van der Waals surface area (Å²) in [6, 6.07) is 23.1. The Labute approximate surface area is 207 Å². The second-order valence-electron chi connectivity index (χ2n) is 8.48. The van der Waals surface area contributed by atoms with Crippen molar-refractivity contribution in [2.45, 2.75) is 0 Å². The number of para-hydroxylation sites is 1. The minimum absolute atomic E-state index is 0.289. The molecule has 0 aliphatic carbocycles. The molecule has 9 nitrogen and oxygen atoms in total. The summed E-state index contributed by atoms with van der Waals surface area (Å²) >= 11 is 0. The second kappa shape index (κ2) is 9.55. The van der Waals surface area contributed by atoms with Crippen LogP contribution in [0.2, 0.25) is 0 Å². The fourth-order valence-electron chi connectivity index (χ4n) is 4.31. The van der Waals surface area contributed by atoms with Gasteiger partial charge in [0.1, 0.15) is 11.2 Å². The van der Waals surface area contributed by atoms with E-state index < -0.39 is 0 Å². The first-order chi connectivity index (χ1) is 17.8. The minimum Gasteiger partial charge on any atom is -0.369 e. The van der Waals surface area contributed by atoms with Gasteiger partial charge in [0.15, 0.2) is 0 Å². The summed E-state index contributed by atoms with van der Waals surface area (Å²) in [5.74, 6) is 0.383. The van der Waals surface area contributed by atoms with Gasteiger partial charge in [-0.3, -0.25) is 9.78 Å². The van der Waals surface area contributed by atoms with Gasteiger partial charge in [-0.1, -0.05) is 24.3 Å². The van der Waals surface area contributed by atoms with Crippen LogP contribution in [0.25, 0.3) is 28.0 Å². The van der Waals surface area contributed by atoms with Crippen LogP contribution < -0.4 is 21.1 Å². The van der Waals surface area contributed by atoms with Gasteiger partial charge in [0, 0.05) is 49.9 Å². The van der Waals surface area contributed by atoms with E-state index in [2.05, 4.69) is 42.7 Å². The number of hydrogen-bond acceptors (Lipinski definition) is 8. The molecule has 5 aromatic rings. The van der Waals surface area contributed by atoms with Crippen LogP contribution in [-0.2, 0) is 0 Å². The van der Waals surface area contributed by atoms with E-state index in [1.54, 1.807) is 12.4 Å². The van der Waals surface area contributed by atoms with Crippen LogP contribution in [-0.4, -0.2) is 50.9 Å². The maximum Gasteiger partial charge on any atom is 0.282 e. The van der Waals surface area contributed by atoms with Crippen molar-refractivity contribution in [1.82, 2.24) is 30.0 Å². The maximum atomic E-state index is 13.3. The van der Waals surface area contributed by atoms with Gasteiger partial charge >= 0.3 is 0 Å². The third-order valence-corrected chi connectivity index (χ3v) is 6.15. The second-order valence-corrected chi connectivity index (χ2v) is 8.48. The molecule has 0 spiro atoms. The number of rotatable bonds is 5. The Morgan fingerprint density at radius 1 is 0.833 bits per heavy atom. The van der Waals surface area contributed by atoms with E-state index in [4.69, 9.17) is 4.98 Å². The van der Waals surface area contributed by atoms with Gasteiger partial charge in [0.05, 0.1) is 16.8 Å². The number of fused-ring (bicyclic) bond motifs is 1. The number of nitrogens with zero attached hydrogens (tertiary/aromatic N) is 6. The lowest BCUT2D eigenvalue weighted by Crippen LogP contribution is -2.43.